The average molecular weight is 289 g/mol. The fraction of sp³-hybridized carbons (Fsp3) is 0.364. The van der Waals surface area contributed by atoms with Gasteiger partial charge < -0.3 is 14.9 Å². The number of hydrogen-bond acceptors (Lipinski definition) is 3. The van der Waals surface area contributed by atoms with Crippen molar-refractivity contribution in [2.45, 2.75) is 18.9 Å². The van der Waals surface area contributed by atoms with E-state index in [-0.39, 0.29) is 12.0 Å². The molecule has 0 aliphatic carbocycles. The molecule has 0 saturated carbocycles. The van der Waals surface area contributed by atoms with Gasteiger partial charge in [0.25, 0.3) is 0 Å². The fourth-order valence-corrected chi connectivity index (χ4v) is 1.82. The molecule has 2 N–H and O–H groups in total. The van der Waals surface area contributed by atoms with Gasteiger partial charge in [-0.2, -0.15) is 0 Å². The first kappa shape index (κ1) is 13.0. The molecule has 88 valence electrons. The van der Waals surface area contributed by atoms with Crippen molar-refractivity contribution >= 4 is 21.9 Å². The summed E-state index contributed by atoms with van der Waals surface area (Å²) >= 11 is 3.24. The second-order valence-corrected chi connectivity index (χ2v) is 4.28. The van der Waals surface area contributed by atoms with Gasteiger partial charge in [-0.25, -0.2) is 4.79 Å². The van der Waals surface area contributed by atoms with Crippen LogP contribution < -0.4 is 4.74 Å². The highest BCUT2D eigenvalue weighted by Crippen LogP contribution is 2.34. The van der Waals surface area contributed by atoms with Crippen LogP contribution >= 0.6 is 15.9 Å². The van der Waals surface area contributed by atoms with Gasteiger partial charge in [-0.3, -0.25) is 0 Å². The van der Waals surface area contributed by atoms with Crippen LogP contribution in [0, 0.1) is 0 Å². The summed E-state index contributed by atoms with van der Waals surface area (Å²) in [6.45, 7) is 1.61. The summed E-state index contributed by atoms with van der Waals surface area (Å²) in [6.07, 6.45) is 0.0646. The number of halogens is 1. The van der Waals surface area contributed by atoms with E-state index in [0.717, 1.165) is 0 Å². The van der Waals surface area contributed by atoms with E-state index < -0.39 is 11.6 Å². The van der Waals surface area contributed by atoms with E-state index in [1.54, 1.807) is 25.1 Å². The molecule has 1 aromatic carbocycles. The lowest BCUT2D eigenvalue weighted by molar-refractivity contribution is -0.160. The number of rotatable bonds is 4. The van der Waals surface area contributed by atoms with E-state index in [0.29, 0.717) is 10.2 Å². The van der Waals surface area contributed by atoms with E-state index >= 15 is 0 Å². The van der Waals surface area contributed by atoms with Crippen LogP contribution in [0.3, 0.4) is 0 Å². The minimum Gasteiger partial charge on any atom is -0.496 e. The third-order valence-electron chi connectivity index (χ3n) is 2.47. The number of hydrogen-bond donors (Lipinski definition) is 2. The van der Waals surface area contributed by atoms with Crippen molar-refractivity contribution < 1.29 is 19.7 Å². The van der Waals surface area contributed by atoms with E-state index in [1.807, 2.05) is 0 Å². The normalized spacial score (nSPS) is 14.2. The van der Waals surface area contributed by atoms with Crippen molar-refractivity contribution in [3.63, 3.8) is 0 Å². The fourth-order valence-electron chi connectivity index (χ4n) is 1.46. The largest absolute Gasteiger partial charge is 0.496 e. The Morgan fingerprint density at radius 2 is 2.19 bits per heavy atom. The predicted octanol–water partition coefficient (Wildman–Crippen LogP) is 2.14. The molecule has 0 aliphatic heterocycles. The summed E-state index contributed by atoms with van der Waals surface area (Å²) in [5.41, 5.74) is -1.67. The van der Waals surface area contributed by atoms with E-state index in [1.165, 1.54) is 7.11 Å². The number of carboxylic acids is 1. The Bertz CT molecular complexity index is 405. The summed E-state index contributed by atoms with van der Waals surface area (Å²) in [6, 6.07) is 4.89. The Kier molecular flexibility index (Phi) is 3.93. The zero-order valence-corrected chi connectivity index (χ0v) is 10.6. The van der Waals surface area contributed by atoms with Crippen LogP contribution in [-0.4, -0.2) is 23.3 Å². The van der Waals surface area contributed by atoms with Gasteiger partial charge in [-0.1, -0.05) is 22.9 Å². The van der Waals surface area contributed by atoms with Gasteiger partial charge in [-0.05, 0) is 24.6 Å². The molecule has 0 bridgehead atoms. The molecule has 4 nitrogen and oxygen atoms in total. The van der Waals surface area contributed by atoms with Gasteiger partial charge in [0, 0.05) is 10.0 Å². The molecule has 1 unspecified atom stereocenters. The van der Waals surface area contributed by atoms with Gasteiger partial charge in [0.05, 0.1) is 7.11 Å². The zero-order valence-electron chi connectivity index (χ0n) is 9.03. The highest BCUT2D eigenvalue weighted by Gasteiger charge is 2.38. The van der Waals surface area contributed by atoms with Crippen LogP contribution in [0.15, 0.2) is 22.7 Å². The van der Waals surface area contributed by atoms with E-state index in [4.69, 9.17) is 9.84 Å². The molecular formula is C11H13BrO4. The number of aliphatic carboxylic acids is 1. The molecule has 1 atom stereocenters. The van der Waals surface area contributed by atoms with Crippen molar-refractivity contribution in [1.29, 1.82) is 0 Å². The van der Waals surface area contributed by atoms with E-state index in [9.17, 15) is 9.90 Å². The quantitative estimate of drug-likeness (QED) is 0.891. The third kappa shape index (κ3) is 2.20. The second-order valence-electron chi connectivity index (χ2n) is 3.36. The van der Waals surface area contributed by atoms with Crippen molar-refractivity contribution in [2.24, 2.45) is 0 Å². The highest BCUT2D eigenvalue weighted by molar-refractivity contribution is 9.10. The lowest BCUT2D eigenvalue weighted by atomic mass is 9.90. The molecule has 1 rings (SSSR count). The second kappa shape index (κ2) is 4.84. The van der Waals surface area contributed by atoms with Gasteiger partial charge in [0.1, 0.15) is 5.75 Å². The first-order valence-electron chi connectivity index (χ1n) is 4.75. The molecular weight excluding hydrogens is 276 g/mol. The van der Waals surface area contributed by atoms with Crippen LogP contribution in [0.25, 0.3) is 0 Å². The van der Waals surface area contributed by atoms with Crippen LogP contribution in [0.4, 0.5) is 0 Å². The minimum atomic E-state index is -1.92. The molecule has 0 saturated heterocycles. The van der Waals surface area contributed by atoms with Crippen LogP contribution in [0.5, 0.6) is 5.75 Å². The molecule has 0 spiro atoms. The zero-order chi connectivity index (χ0) is 12.3. The number of methoxy groups -OCH3 is 1. The topological polar surface area (TPSA) is 66.8 Å². The summed E-state index contributed by atoms with van der Waals surface area (Å²) < 4.78 is 5.75. The highest BCUT2D eigenvalue weighted by atomic mass is 79.9. The number of carbonyl (C=O) groups is 1. The number of carboxylic acid groups (broad SMARTS) is 1. The number of aliphatic hydroxyl groups is 1. The maximum atomic E-state index is 11.1. The average Bonchev–Trinajstić information content (AvgIpc) is 2.27. The van der Waals surface area contributed by atoms with Crippen molar-refractivity contribution in [2.75, 3.05) is 7.11 Å². The molecule has 0 fully saturated rings. The first-order chi connectivity index (χ1) is 7.45. The Labute approximate surface area is 102 Å². The molecule has 0 aromatic heterocycles. The summed E-state index contributed by atoms with van der Waals surface area (Å²) in [5, 5.41) is 19.2. The molecule has 0 aliphatic rings. The summed E-state index contributed by atoms with van der Waals surface area (Å²) in [7, 11) is 1.44. The number of benzene rings is 1. The van der Waals surface area contributed by atoms with Crippen LogP contribution in [0.1, 0.15) is 18.9 Å². The lowest BCUT2D eigenvalue weighted by Gasteiger charge is -2.24. The minimum absolute atomic E-state index is 0.0646. The van der Waals surface area contributed by atoms with Crippen molar-refractivity contribution in [3.05, 3.63) is 28.2 Å². The Hall–Kier alpha value is -1.07. The Morgan fingerprint density at radius 3 is 2.62 bits per heavy atom. The Morgan fingerprint density at radius 1 is 1.56 bits per heavy atom. The molecule has 0 radical (unpaired) electrons. The first-order valence-corrected chi connectivity index (χ1v) is 5.54. The van der Waals surface area contributed by atoms with E-state index in [2.05, 4.69) is 15.9 Å². The van der Waals surface area contributed by atoms with Gasteiger partial charge in [0.15, 0.2) is 5.60 Å². The van der Waals surface area contributed by atoms with Gasteiger partial charge in [-0.15, -0.1) is 0 Å². The Balaban J connectivity index is 3.39. The maximum absolute atomic E-state index is 11.1. The molecule has 1 aromatic rings. The monoisotopic (exact) mass is 288 g/mol. The summed E-state index contributed by atoms with van der Waals surface area (Å²) in [4.78, 5) is 11.1. The molecule has 16 heavy (non-hydrogen) atoms. The van der Waals surface area contributed by atoms with Gasteiger partial charge >= 0.3 is 5.97 Å². The van der Waals surface area contributed by atoms with Crippen LogP contribution in [-0.2, 0) is 10.4 Å². The standard InChI is InChI=1S/C11H13BrO4/c1-3-11(15,10(13)14)8-6-7(12)4-5-9(8)16-2/h4-6,15H,3H2,1-2H3,(H,13,14). The molecule has 5 heteroatoms. The number of ether oxygens (including phenoxy) is 1. The maximum Gasteiger partial charge on any atom is 0.340 e. The predicted molar refractivity (Wildman–Crippen MR) is 62.5 cm³/mol. The van der Waals surface area contributed by atoms with Crippen molar-refractivity contribution in [3.8, 4) is 5.75 Å². The molecule has 0 amide bonds. The SMILES string of the molecule is CCC(O)(C(=O)O)c1cc(Br)ccc1OC. The van der Waals surface area contributed by atoms with Gasteiger partial charge in [0.2, 0.25) is 0 Å². The lowest BCUT2D eigenvalue weighted by Crippen LogP contribution is -2.35. The molecule has 0 heterocycles. The van der Waals surface area contributed by atoms with Crippen LogP contribution in [0.2, 0.25) is 0 Å². The summed E-state index contributed by atoms with van der Waals surface area (Å²) in [5.74, 6) is -0.929. The third-order valence-corrected chi connectivity index (χ3v) is 2.97. The smallest absolute Gasteiger partial charge is 0.340 e. The van der Waals surface area contributed by atoms with Crippen molar-refractivity contribution in [1.82, 2.24) is 0 Å².